The van der Waals surface area contributed by atoms with Gasteiger partial charge in [0.05, 0.1) is 0 Å². The predicted molar refractivity (Wildman–Crippen MR) is 98.5 cm³/mol. The van der Waals surface area contributed by atoms with Crippen LogP contribution in [0.4, 0.5) is 0 Å². The van der Waals surface area contributed by atoms with Crippen LogP contribution in [-0.2, 0) is 13.6 Å². The standard InChI is InChI=1S/C20H25N3O2/c1-3-23(20(25)18-10-7-11-19(24)21(18)2)17-12-13-22(15-17)14-16-8-5-4-6-9-16/h4-11,17H,3,12-15H2,1-2H3. The molecule has 0 saturated carbocycles. The van der Waals surface area contributed by atoms with E-state index in [2.05, 4.69) is 29.2 Å². The van der Waals surface area contributed by atoms with Crippen molar-refractivity contribution >= 4 is 5.91 Å². The molecule has 1 saturated heterocycles. The highest BCUT2D eigenvalue weighted by molar-refractivity contribution is 5.92. The number of likely N-dealkylation sites (tertiary alicyclic amines) is 1. The van der Waals surface area contributed by atoms with Crippen molar-refractivity contribution in [3.63, 3.8) is 0 Å². The van der Waals surface area contributed by atoms with Gasteiger partial charge in [0, 0.05) is 45.3 Å². The Morgan fingerprint density at radius 3 is 2.64 bits per heavy atom. The third kappa shape index (κ3) is 3.82. The third-order valence-electron chi connectivity index (χ3n) is 4.94. The molecular weight excluding hydrogens is 314 g/mol. The quantitative estimate of drug-likeness (QED) is 0.838. The van der Waals surface area contributed by atoms with Gasteiger partial charge in [-0.1, -0.05) is 36.4 Å². The van der Waals surface area contributed by atoms with Crippen LogP contribution < -0.4 is 5.56 Å². The number of hydrogen-bond donors (Lipinski definition) is 0. The highest BCUT2D eigenvalue weighted by Crippen LogP contribution is 2.19. The fourth-order valence-corrected chi connectivity index (χ4v) is 3.55. The molecule has 25 heavy (non-hydrogen) atoms. The molecule has 1 aromatic carbocycles. The molecule has 0 aliphatic carbocycles. The zero-order valence-electron chi connectivity index (χ0n) is 14.9. The summed E-state index contributed by atoms with van der Waals surface area (Å²) in [5.41, 5.74) is 1.60. The summed E-state index contributed by atoms with van der Waals surface area (Å²) in [6.45, 7) is 5.41. The summed E-state index contributed by atoms with van der Waals surface area (Å²) < 4.78 is 1.43. The lowest BCUT2D eigenvalue weighted by Gasteiger charge is -2.28. The largest absolute Gasteiger partial charge is 0.333 e. The van der Waals surface area contributed by atoms with E-state index in [4.69, 9.17) is 0 Å². The number of aromatic nitrogens is 1. The van der Waals surface area contributed by atoms with Crippen molar-refractivity contribution in [2.75, 3.05) is 19.6 Å². The van der Waals surface area contributed by atoms with Crippen molar-refractivity contribution in [3.05, 3.63) is 70.1 Å². The monoisotopic (exact) mass is 339 g/mol. The van der Waals surface area contributed by atoms with Gasteiger partial charge in [-0.2, -0.15) is 0 Å². The average molecular weight is 339 g/mol. The number of pyridine rings is 1. The first-order chi connectivity index (χ1) is 12.1. The van der Waals surface area contributed by atoms with Gasteiger partial charge in [-0.15, -0.1) is 0 Å². The molecule has 0 N–H and O–H groups in total. The summed E-state index contributed by atoms with van der Waals surface area (Å²) in [6.07, 6.45) is 0.965. The van der Waals surface area contributed by atoms with E-state index in [-0.39, 0.29) is 17.5 Å². The second kappa shape index (κ2) is 7.66. The van der Waals surface area contributed by atoms with Crippen LogP contribution in [0.15, 0.2) is 53.3 Å². The molecular formula is C20H25N3O2. The number of likely N-dealkylation sites (N-methyl/N-ethyl adjacent to an activating group) is 1. The first kappa shape index (κ1) is 17.4. The van der Waals surface area contributed by atoms with Gasteiger partial charge < -0.3 is 9.47 Å². The second-order valence-corrected chi connectivity index (χ2v) is 6.56. The first-order valence-electron chi connectivity index (χ1n) is 8.83. The maximum atomic E-state index is 12.9. The molecule has 3 rings (SSSR count). The van der Waals surface area contributed by atoms with Crippen molar-refractivity contribution in [1.82, 2.24) is 14.4 Å². The van der Waals surface area contributed by atoms with Crippen molar-refractivity contribution in [1.29, 1.82) is 0 Å². The maximum absolute atomic E-state index is 12.9. The Morgan fingerprint density at radius 2 is 1.92 bits per heavy atom. The molecule has 132 valence electrons. The van der Waals surface area contributed by atoms with Crippen LogP contribution in [0.5, 0.6) is 0 Å². The van der Waals surface area contributed by atoms with E-state index in [0.717, 1.165) is 26.1 Å². The Labute approximate surface area is 148 Å². The molecule has 1 atom stereocenters. The van der Waals surface area contributed by atoms with Crippen LogP contribution in [0.1, 0.15) is 29.4 Å². The Morgan fingerprint density at radius 1 is 1.16 bits per heavy atom. The van der Waals surface area contributed by atoms with Gasteiger partial charge in [0.25, 0.3) is 11.5 Å². The van der Waals surface area contributed by atoms with Crippen molar-refractivity contribution in [2.45, 2.75) is 25.9 Å². The highest BCUT2D eigenvalue weighted by atomic mass is 16.2. The number of hydrogen-bond acceptors (Lipinski definition) is 3. The molecule has 1 amide bonds. The minimum absolute atomic E-state index is 0.0609. The van der Waals surface area contributed by atoms with Crippen LogP contribution in [0.3, 0.4) is 0 Å². The molecule has 1 aliphatic heterocycles. The van der Waals surface area contributed by atoms with Crippen LogP contribution >= 0.6 is 0 Å². The zero-order valence-corrected chi connectivity index (χ0v) is 14.9. The topological polar surface area (TPSA) is 45.6 Å². The van der Waals surface area contributed by atoms with Gasteiger partial charge >= 0.3 is 0 Å². The zero-order chi connectivity index (χ0) is 17.8. The predicted octanol–water partition coefficient (Wildman–Crippen LogP) is 2.12. The first-order valence-corrected chi connectivity index (χ1v) is 8.83. The van der Waals surface area contributed by atoms with Crippen LogP contribution in [-0.4, -0.2) is 46.0 Å². The van der Waals surface area contributed by atoms with Gasteiger partial charge in [-0.3, -0.25) is 14.5 Å². The summed E-state index contributed by atoms with van der Waals surface area (Å²) in [4.78, 5) is 29.1. The smallest absolute Gasteiger partial charge is 0.270 e. The molecule has 2 heterocycles. The van der Waals surface area contributed by atoms with Gasteiger partial charge in [-0.05, 0) is 25.0 Å². The minimum Gasteiger partial charge on any atom is -0.333 e. The third-order valence-corrected chi connectivity index (χ3v) is 4.94. The molecule has 1 fully saturated rings. The summed E-state index contributed by atoms with van der Waals surface area (Å²) in [5.74, 6) is -0.0609. The van der Waals surface area contributed by atoms with Crippen LogP contribution in [0, 0.1) is 0 Å². The van der Waals surface area contributed by atoms with E-state index in [1.165, 1.54) is 16.2 Å². The summed E-state index contributed by atoms with van der Waals surface area (Å²) >= 11 is 0. The lowest BCUT2D eigenvalue weighted by molar-refractivity contribution is 0.0682. The number of amides is 1. The Bertz CT molecular complexity index is 785. The molecule has 0 spiro atoms. The number of carbonyl (C=O) groups is 1. The molecule has 1 unspecified atom stereocenters. The Kier molecular flexibility index (Phi) is 5.34. The maximum Gasteiger partial charge on any atom is 0.270 e. The normalized spacial score (nSPS) is 17.6. The molecule has 5 nitrogen and oxygen atoms in total. The second-order valence-electron chi connectivity index (χ2n) is 6.56. The van der Waals surface area contributed by atoms with E-state index in [1.807, 2.05) is 17.9 Å². The lowest BCUT2D eigenvalue weighted by Crippen LogP contribution is -2.43. The van der Waals surface area contributed by atoms with Gasteiger partial charge in [-0.25, -0.2) is 0 Å². The van der Waals surface area contributed by atoms with Crippen molar-refractivity contribution in [3.8, 4) is 0 Å². The SMILES string of the molecule is CCN(C(=O)c1cccc(=O)n1C)C1CCN(Cc2ccccc2)C1. The average Bonchev–Trinajstić information content (AvgIpc) is 3.07. The van der Waals surface area contributed by atoms with Gasteiger partial charge in [0.15, 0.2) is 0 Å². The van der Waals surface area contributed by atoms with E-state index in [0.29, 0.717) is 12.2 Å². The Balaban J connectivity index is 1.70. The molecule has 1 aliphatic rings. The molecule has 0 bridgehead atoms. The summed E-state index contributed by atoms with van der Waals surface area (Å²) in [7, 11) is 1.65. The highest BCUT2D eigenvalue weighted by Gasteiger charge is 2.31. The van der Waals surface area contributed by atoms with E-state index in [9.17, 15) is 9.59 Å². The summed E-state index contributed by atoms with van der Waals surface area (Å²) in [6, 6.07) is 15.5. The molecule has 5 heteroatoms. The minimum atomic E-state index is -0.154. The fraction of sp³-hybridized carbons (Fsp3) is 0.400. The van der Waals surface area contributed by atoms with Crippen LogP contribution in [0.25, 0.3) is 0 Å². The van der Waals surface area contributed by atoms with Gasteiger partial charge in [0.2, 0.25) is 0 Å². The van der Waals surface area contributed by atoms with E-state index in [1.54, 1.807) is 19.2 Å². The van der Waals surface area contributed by atoms with Crippen molar-refractivity contribution in [2.24, 2.45) is 7.05 Å². The fourth-order valence-electron chi connectivity index (χ4n) is 3.55. The molecule has 0 radical (unpaired) electrons. The Hall–Kier alpha value is -2.40. The molecule has 1 aromatic heterocycles. The van der Waals surface area contributed by atoms with E-state index >= 15 is 0 Å². The number of rotatable bonds is 5. The van der Waals surface area contributed by atoms with Crippen LogP contribution in [0.2, 0.25) is 0 Å². The number of benzene rings is 1. The number of nitrogens with zero attached hydrogens (tertiary/aromatic N) is 3. The number of carbonyl (C=O) groups excluding carboxylic acids is 1. The van der Waals surface area contributed by atoms with Crippen molar-refractivity contribution < 1.29 is 4.79 Å². The van der Waals surface area contributed by atoms with E-state index < -0.39 is 0 Å². The molecule has 2 aromatic rings. The lowest BCUT2D eigenvalue weighted by atomic mass is 10.2. The summed E-state index contributed by atoms with van der Waals surface area (Å²) in [5, 5.41) is 0. The van der Waals surface area contributed by atoms with Gasteiger partial charge in [0.1, 0.15) is 5.69 Å².